The molecule has 4 nitrogen and oxygen atoms in total. The van der Waals surface area contributed by atoms with Crippen molar-refractivity contribution in [3.63, 3.8) is 0 Å². The maximum atomic E-state index is 13.0. The molecule has 0 saturated heterocycles. The predicted octanol–water partition coefficient (Wildman–Crippen LogP) is 3.64. The third-order valence-corrected chi connectivity index (χ3v) is 2.92. The van der Waals surface area contributed by atoms with E-state index in [4.69, 9.17) is 26.2 Å². The summed E-state index contributed by atoms with van der Waals surface area (Å²) in [5.41, 5.74) is -0.229. The molecule has 2 aromatic carbocycles. The van der Waals surface area contributed by atoms with Crippen molar-refractivity contribution in [2.75, 3.05) is 13.2 Å². The van der Waals surface area contributed by atoms with Crippen LogP contribution < -0.4 is 9.47 Å². The van der Waals surface area contributed by atoms with E-state index in [9.17, 15) is 9.18 Å². The molecule has 2 aromatic rings. The lowest BCUT2D eigenvalue weighted by Crippen LogP contribution is -2.11. The van der Waals surface area contributed by atoms with Crippen LogP contribution in [0.2, 0.25) is 5.02 Å². The lowest BCUT2D eigenvalue weighted by Gasteiger charge is -2.11. The van der Waals surface area contributed by atoms with Gasteiger partial charge in [-0.3, -0.25) is 0 Å². The molecule has 6 heteroatoms. The van der Waals surface area contributed by atoms with E-state index >= 15 is 0 Å². The molecule has 0 atom stereocenters. The summed E-state index contributed by atoms with van der Waals surface area (Å²) in [7, 11) is 0. The monoisotopic (exact) mass is 310 g/mol. The molecule has 0 unspecified atom stereocenters. The van der Waals surface area contributed by atoms with E-state index < -0.39 is 11.8 Å². The van der Waals surface area contributed by atoms with Crippen LogP contribution >= 0.6 is 11.6 Å². The Kier molecular flexibility index (Phi) is 5.00. The number of carboxylic acids is 1. The summed E-state index contributed by atoms with van der Waals surface area (Å²) in [6.45, 7) is 0.289. The molecule has 0 aliphatic heterocycles. The first-order chi connectivity index (χ1) is 10.1. The van der Waals surface area contributed by atoms with E-state index in [1.165, 1.54) is 6.07 Å². The van der Waals surface area contributed by atoms with Crippen LogP contribution in [0.1, 0.15) is 10.4 Å². The van der Waals surface area contributed by atoms with E-state index in [0.29, 0.717) is 10.8 Å². The summed E-state index contributed by atoms with van der Waals surface area (Å²) in [6, 6.07) is 10.3. The van der Waals surface area contributed by atoms with Gasteiger partial charge in [-0.05, 0) is 30.3 Å². The van der Waals surface area contributed by atoms with Crippen LogP contribution in [-0.4, -0.2) is 24.3 Å². The Labute approximate surface area is 125 Å². The SMILES string of the molecule is O=C(O)c1cc(F)ccc1OCCOc1ccccc1Cl. The number of halogens is 2. The van der Waals surface area contributed by atoms with E-state index in [-0.39, 0.29) is 24.5 Å². The Morgan fingerprint density at radius 2 is 1.76 bits per heavy atom. The topological polar surface area (TPSA) is 55.8 Å². The number of hydrogen-bond acceptors (Lipinski definition) is 3. The second-order valence-corrected chi connectivity index (χ2v) is 4.48. The number of aromatic carboxylic acids is 1. The van der Waals surface area contributed by atoms with Gasteiger partial charge in [0.15, 0.2) is 0 Å². The highest BCUT2D eigenvalue weighted by atomic mass is 35.5. The molecular formula is C15H12ClFO4. The van der Waals surface area contributed by atoms with Gasteiger partial charge in [-0.15, -0.1) is 0 Å². The summed E-state index contributed by atoms with van der Waals surface area (Å²) in [5.74, 6) is -1.28. The fourth-order valence-electron chi connectivity index (χ4n) is 1.66. The summed E-state index contributed by atoms with van der Waals surface area (Å²) < 4.78 is 23.7. The van der Waals surface area contributed by atoms with Crippen LogP contribution in [0.4, 0.5) is 4.39 Å². The van der Waals surface area contributed by atoms with Crippen molar-refractivity contribution >= 4 is 17.6 Å². The summed E-state index contributed by atoms with van der Waals surface area (Å²) >= 11 is 5.92. The van der Waals surface area contributed by atoms with E-state index in [0.717, 1.165) is 12.1 Å². The fraction of sp³-hybridized carbons (Fsp3) is 0.133. The minimum Gasteiger partial charge on any atom is -0.489 e. The second kappa shape index (κ2) is 6.95. The predicted molar refractivity (Wildman–Crippen MR) is 75.8 cm³/mol. The zero-order valence-electron chi connectivity index (χ0n) is 10.9. The molecule has 2 rings (SSSR count). The molecule has 21 heavy (non-hydrogen) atoms. The normalized spacial score (nSPS) is 10.2. The lowest BCUT2D eigenvalue weighted by atomic mass is 10.2. The molecule has 0 bridgehead atoms. The molecule has 0 aromatic heterocycles. The third-order valence-electron chi connectivity index (χ3n) is 2.61. The average molecular weight is 311 g/mol. The van der Waals surface area contributed by atoms with Crippen molar-refractivity contribution in [3.05, 3.63) is 58.9 Å². The first-order valence-corrected chi connectivity index (χ1v) is 6.48. The molecule has 0 amide bonds. The van der Waals surface area contributed by atoms with Gasteiger partial charge in [0.25, 0.3) is 0 Å². The minimum absolute atomic E-state index is 0.0895. The van der Waals surface area contributed by atoms with E-state index in [1.807, 2.05) is 0 Å². The molecule has 1 N–H and O–H groups in total. The lowest BCUT2D eigenvalue weighted by molar-refractivity contribution is 0.0690. The van der Waals surface area contributed by atoms with Crippen molar-refractivity contribution in [2.24, 2.45) is 0 Å². The summed E-state index contributed by atoms with van der Waals surface area (Å²) in [6.07, 6.45) is 0. The number of carboxylic acid groups (broad SMARTS) is 1. The van der Waals surface area contributed by atoms with Crippen LogP contribution in [0.15, 0.2) is 42.5 Å². The van der Waals surface area contributed by atoms with Gasteiger partial charge in [0.05, 0.1) is 5.02 Å². The van der Waals surface area contributed by atoms with Crippen molar-refractivity contribution in [3.8, 4) is 11.5 Å². The molecule has 0 heterocycles. The largest absolute Gasteiger partial charge is 0.489 e. The standard InChI is InChI=1S/C15H12ClFO4/c16-12-3-1-2-4-14(12)21-8-7-20-13-6-5-10(17)9-11(13)15(18)19/h1-6,9H,7-8H2,(H,18,19). The van der Waals surface area contributed by atoms with Gasteiger partial charge in [-0.2, -0.15) is 0 Å². The van der Waals surface area contributed by atoms with Crippen molar-refractivity contribution in [1.82, 2.24) is 0 Å². The Morgan fingerprint density at radius 1 is 1.10 bits per heavy atom. The molecule has 0 saturated carbocycles. The first-order valence-electron chi connectivity index (χ1n) is 6.11. The molecule has 0 spiro atoms. The van der Waals surface area contributed by atoms with E-state index in [1.54, 1.807) is 24.3 Å². The van der Waals surface area contributed by atoms with Gasteiger partial charge in [0.1, 0.15) is 36.1 Å². The third kappa shape index (κ3) is 4.10. The van der Waals surface area contributed by atoms with Gasteiger partial charge in [-0.25, -0.2) is 9.18 Å². The van der Waals surface area contributed by atoms with Crippen molar-refractivity contribution < 1.29 is 23.8 Å². The number of rotatable bonds is 6. The second-order valence-electron chi connectivity index (χ2n) is 4.07. The van der Waals surface area contributed by atoms with Gasteiger partial charge in [0, 0.05) is 0 Å². The van der Waals surface area contributed by atoms with Crippen LogP contribution in [0.3, 0.4) is 0 Å². The molecule has 0 aliphatic rings. The molecule has 0 fully saturated rings. The van der Waals surface area contributed by atoms with Crippen LogP contribution in [0, 0.1) is 5.82 Å². The molecule has 0 radical (unpaired) electrons. The highest BCUT2D eigenvalue weighted by Crippen LogP contribution is 2.23. The number of hydrogen-bond donors (Lipinski definition) is 1. The summed E-state index contributed by atoms with van der Waals surface area (Å²) in [4.78, 5) is 11.0. The highest BCUT2D eigenvalue weighted by molar-refractivity contribution is 6.32. The fourth-order valence-corrected chi connectivity index (χ4v) is 1.85. The molecular weight excluding hydrogens is 299 g/mol. The zero-order valence-corrected chi connectivity index (χ0v) is 11.6. The van der Waals surface area contributed by atoms with E-state index in [2.05, 4.69) is 0 Å². The van der Waals surface area contributed by atoms with Crippen molar-refractivity contribution in [1.29, 1.82) is 0 Å². The van der Waals surface area contributed by atoms with Crippen LogP contribution in [0.5, 0.6) is 11.5 Å². The zero-order chi connectivity index (χ0) is 15.2. The van der Waals surface area contributed by atoms with Crippen LogP contribution in [-0.2, 0) is 0 Å². The number of benzene rings is 2. The Hall–Kier alpha value is -2.27. The number of carbonyl (C=O) groups is 1. The average Bonchev–Trinajstić information content (AvgIpc) is 2.46. The maximum Gasteiger partial charge on any atom is 0.339 e. The van der Waals surface area contributed by atoms with Crippen LogP contribution in [0.25, 0.3) is 0 Å². The minimum atomic E-state index is -1.25. The molecule has 0 aliphatic carbocycles. The first kappa shape index (κ1) is 15.1. The smallest absolute Gasteiger partial charge is 0.339 e. The maximum absolute atomic E-state index is 13.0. The highest BCUT2D eigenvalue weighted by Gasteiger charge is 2.12. The van der Waals surface area contributed by atoms with Gasteiger partial charge in [-0.1, -0.05) is 23.7 Å². The Morgan fingerprint density at radius 3 is 2.43 bits per heavy atom. The Bertz CT molecular complexity index is 645. The quantitative estimate of drug-likeness (QED) is 0.828. The van der Waals surface area contributed by atoms with Crippen molar-refractivity contribution in [2.45, 2.75) is 0 Å². The number of para-hydroxylation sites is 1. The molecule has 110 valence electrons. The summed E-state index contributed by atoms with van der Waals surface area (Å²) in [5, 5.41) is 9.44. The van der Waals surface area contributed by atoms with Gasteiger partial charge < -0.3 is 14.6 Å². The van der Waals surface area contributed by atoms with Gasteiger partial charge >= 0.3 is 5.97 Å². The Balaban J connectivity index is 1.92. The number of ether oxygens (including phenoxy) is 2. The van der Waals surface area contributed by atoms with Gasteiger partial charge in [0.2, 0.25) is 0 Å².